The first-order chi connectivity index (χ1) is 12.7. The van der Waals surface area contributed by atoms with Crippen molar-refractivity contribution in [3.05, 3.63) is 41.2 Å². The number of hydrogen-bond donors (Lipinski definition) is 1. The van der Waals surface area contributed by atoms with E-state index in [1.165, 1.54) is 0 Å². The second-order valence-corrected chi connectivity index (χ2v) is 6.16. The summed E-state index contributed by atoms with van der Waals surface area (Å²) in [4.78, 5) is 23.1. The van der Waals surface area contributed by atoms with Crippen molar-refractivity contribution >= 4 is 11.9 Å². The molecule has 8 nitrogen and oxygen atoms in total. The molecule has 1 amide bonds. The monoisotopic (exact) mass is 356 g/mol. The number of aromatic nitrogens is 2. The average Bonchev–Trinajstić information content (AvgIpc) is 3.14. The van der Waals surface area contributed by atoms with Crippen LogP contribution in [0, 0.1) is 6.92 Å². The summed E-state index contributed by atoms with van der Waals surface area (Å²) in [6.45, 7) is 4.91. The van der Waals surface area contributed by atoms with E-state index in [2.05, 4.69) is 15.3 Å². The van der Waals surface area contributed by atoms with Crippen LogP contribution in [0.5, 0.6) is 11.5 Å². The maximum atomic E-state index is 12.6. The Bertz CT molecular complexity index is 821. The number of carbonyl (C=O) groups is 1. The van der Waals surface area contributed by atoms with Crippen molar-refractivity contribution in [2.24, 2.45) is 0 Å². The fourth-order valence-electron chi connectivity index (χ4n) is 2.92. The summed E-state index contributed by atoms with van der Waals surface area (Å²) in [6, 6.07) is 7.47. The lowest BCUT2D eigenvalue weighted by molar-refractivity contribution is 0.0299. The molecule has 0 saturated carbocycles. The predicted molar refractivity (Wildman–Crippen MR) is 93.4 cm³/mol. The van der Waals surface area contributed by atoms with Gasteiger partial charge in [-0.25, -0.2) is 9.97 Å². The summed E-state index contributed by atoms with van der Waals surface area (Å²) in [5.74, 6) is 1.82. The fourth-order valence-corrected chi connectivity index (χ4v) is 2.92. The Morgan fingerprint density at radius 2 is 1.96 bits per heavy atom. The summed E-state index contributed by atoms with van der Waals surface area (Å²) in [5, 5.41) is 3.18. The second-order valence-electron chi connectivity index (χ2n) is 6.16. The van der Waals surface area contributed by atoms with Gasteiger partial charge in [-0.1, -0.05) is 6.07 Å². The molecule has 3 heterocycles. The van der Waals surface area contributed by atoms with Crippen LogP contribution in [0.25, 0.3) is 0 Å². The van der Waals surface area contributed by atoms with Gasteiger partial charge in [-0.05, 0) is 30.7 Å². The molecule has 1 fully saturated rings. The van der Waals surface area contributed by atoms with Gasteiger partial charge in [-0.15, -0.1) is 0 Å². The standard InChI is InChI=1S/C18H20N4O4/c1-12-8-14(17(23)22-4-6-24-7-5-22)21-18(20-12)19-10-13-2-3-15-16(9-13)26-11-25-15/h2-3,8-9H,4-7,10-11H2,1H3,(H,19,20,21). The van der Waals surface area contributed by atoms with Crippen LogP contribution in [-0.2, 0) is 11.3 Å². The molecule has 0 atom stereocenters. The summed E-state index contributed by atoms with van der Waals surface area (Å²) in [6.07, 6.45) is 0. The van der Waals surface area contributed by atoms with E-state index in [1.807, 2.05) is 25.1 Å². The predicted octanol–water partition coefficient (Wildman–Crippen LogP) is 1.60. The lowest BCUT2D eigenvalue weighted by Gasteiger charge is -2.26. The highest BCUT2D eigenvalue weighted by Gasteiger charge is 2.21. The molecule has 1 aromatic heterocycles. The lowest BCUT2D eigenvalue weighted by Crippen LogP contribution is -2.41. The van der Waals surface area contributed by atoms with Crippen molar-refractivity contribution in [1.82, 2.24) is 14.9 Å². The molecule has 26 heavy (non-hydrogen) atoms. The highest BCUT2D eigenvalue weighted by molar-refractivity contribution is 5.92. The molecular weight excluding hydrogens is 336 g/mol. The zero-order chi connectivity index (χ0) is 17.9. The highest BCUT2D eigenvalue weighted by atomic mass is 16.7. The van der Waals surface area contributed by atoms with Crippen molar-refractivity contribution in [1.29, 1.82) is 0 Å². The average molecular weight is 356 g/mol. The summed E-state index contributed by atoms with van der Waals surface area (Å²) in [5.41, 5.74) is 2.15. The van der Waals surface area contributed by atoms with Gasteiger partial charge < -0.3 is 24.4 Å². The molecule has 1 aromatic carbocycles. The van der Waals surface area contributed by atoms with Crippen LogP contribution in [-0.4, -0.2) is 53.9 Å². The number of nitrogens with one attached hydrogen (secondary N) is 1. The van der Waals surface area contributed by atoms with Crippen LogP contribution in [0.4, 0.5) is 5.95 Å². The summed E-state index contributed by atoms with van der Waals surface area (Å²) < 4.78 is 16.0. The number of anilines is 1. The first-order valence-electron chi connectivity index (χ1n) is 8.54. The zero-order valence-corrected chi connectivity index (χ0v) is 14.5. The van der Waals surface area contributed by atoms with E-state index < -0.39 is 0 Å². The van der Waals surface area contributed by atoms with Gasteiger partial charge in [-0.3, -0.25) is 4.79 Å². The van der Waals surface area contributed by atoms with Crippen molar-refractivity contribution in [3.8, 4) is 11.5 Å². The van der Waals surface area contributed by atoms with E-state index in [0.717, 1.165) is 22.8 Å². The third kappa shape index (κ3) is 3.55. The summed E-state index contributed by atoms with van der Waals surface area (Å²) >= 11 is 0. The number of ether oxygens (including phenoxy) is 3. The van der Waals surface area contributed by atoms with Crippen molar-refractivity contribution in [2.75, 3.05) is 38.4 Å². The number of morpholine rings is 1. The first kappa shape index (κ1) is 16.6. The number of nitrogens with zero attached hydrogens (tertiary/aromatic N) is 3. The minimum atomic E-state index is -0.0927. The zero-order valence-electron chi connectivity index (χ0n) is 14.5. The minimum Gasteiger partial charge on any atom is -0.454 e. The van der Waals surface area contributed by atoms with Crippen LogP contribution < -0.4 is 14.8 Å². The van der Waals surface area contributed by atoms with Gasteiger partial charge in [0.15, 0.2) is 11.5 Å². The Morgan fingerprint density at radius 1 is 1.15 bits per heavy atom. The SMILES string of the molecule is Cc1cc(C(=O)N2CCOCC2)nc(NCc2ccc3c(c2)OCO3)n1. The van der Waals surface area contributed by atoms with Crippen molar-refractivity contribution in [3.63, 3.8) is 0 Å². The Morgan fingerprint density at radius 3 is 2.81 bits per heavy atom. The van der Waals surface area contributed by atoms with Gasteiger partial charge in [-0.2, -0.15) is 0 Å². The van der Waals surface area contributed by atoms with Crippen LogP contribution in [0.3, 0.4) is 0 Å². The normalized spacial score (nSPS) is 15.8. The number of hydrogen-bond acceptors (Lipinski definition) is 7. The molecule has 0 aliphatic carbocycles. The number of rotatable bonds is 4. The third-order valence-electron chi connectivity index (χ3n) is 4.26. The van der Waals surface area contributed by atoms with Crippen LogP contribution in [0.15, 0.2) is 24.3 Å². The second kappa shape index (κ2) is 7.17. The molecule has 0 unspecified atom stereocenters. The van der Waals surface area contributed by atoms with Crippen LogP contribution >= 0.6 is 0 Å². The number of amides is 1. The van der Waals surface area contributed by atoms with Gasteiger partial charge in [0.1, 0.15) is 5.69 Å². The molecule has 2 aliphatic rings. The molecule has 2 aromatic rings. The largest absolute Gasteiger partial charge is 0.454 e. The Labute approximate surface area is 151 Å². The molecule has 0 radical (unpaired) electrons. The van der Waals surface area contributed by atoms with Gasteiger partial charge in [0.2, 0.25) is 12.7 Å². The lowest BCUT2D eigenvalue weighted by atomic mass is 10.2. The summed E-state index contributed by atoms with van der Waals surface area (Å²) in [7, 11) is 0. The third-order valence-corrected chi connectivity index (χ3v) is 4.26. The van der Waals surface area contributed by atoms with Gasteiger partial charge in [0, 0.05) is 25.3 Å². The quantitative estimate of drug-likeness (QED) is 0.890. The number of benzene rings is 1. The van der Waals surface area contributed by atoms with E-state index in [1.54, 1.807) is 11.0 Å². The van der Waals surface area contributed by atoms with E-state index >= 15 is 0 Å². The molecule has 0 bridgehead atoms. The maximum Gasteiger partial charge on any atom is 0.272 e. The van der Waals surface area contributed by atoms with E-state index in [9.17, 15) is 4.79 Å². The fraction of sp³-hybridized carbons (Fsp3) is 0.389. The number of aryl methyl sites for hydroxylation is 1. The molecule has 1 N–H and O–H groups in total. The molecule has 0 spiro atoms. The van der Waals surface area contributed by atoms with Crippen LogP contribution in [0.2, 0.25) is 0 Å². The molecule has 136 valence electrons. The van der Waals surface area contributed by atoms with Crippen LogP contribution in [0.1, 0.15) is 21.7 Å². The topological polar surface area (TPSA) is 85.8 Å². The van der Waals surface area contributed by atoms with E-state index in [-0.39, 0.29) is 12.7 Å². The maximum absolute atomic E-state index is 12.6. The van der Waals surface area contributed by atoms with E-state index in [4.69, 9.17) is 14.2 Å². The van der Waals surface area contributed by atoms with E-state index in [0.29, 0.717) is 44.5 Å². The van der Waals surface area contributed by atoms with Gasteiger partial charge >= 0.3 is 0 Å². The Balaban J connectivity index is 1.46. The molecule has 8 heteroatoms. The number of fused-ring (bicyclic) bond motifs is 1. The van der Waals surface area contributed by atoms with Gasteiger partial charge in [0.05, 0.1) is 13.2 Å². The Kier molecular flexibility index (Phi) is 4.57. The smallest absolute Gasteiger partial charge is 0.272 e. The minimum absolute atomic E-state index is 0.0927. The molecule has 2 aliphatic heterocycles. The molecule has 1 saturated heterocycles. The first-order valence-corrected chi connectivity index (χ1v) is 8.54. The van der Waals surface area contributed by atoms with Crippen molar-refractivity contribution < 1.29 is 19.0 Å². The van der Waals surface area contributed by atoms with Crippen molar-refractivity contribution in [2.45, 2.75) is 13.5 Å². The van der Waals surface area contributed by atoms with Gasteiger partial charge in [0.25, 0.3) is 5.91 Å². The Hall–Kier alpha value is -2.87. The molecule has 4 rings (SSSR count). The molecular formula is C18H20N4O4. The highest BCUT2D eigenvalue weighted by Crippen LogP contribution is 2.32. The number of carbonyl (C=O) groups excluding carboxylic acids is 1.